The molecule has 0 spiro atoms. The van der Waals surface area contributed by atoms with Gasteiger partial charge in [0.05, 0.1) is 17.2 Å². The number of carbonyl (C=O) groups excluding carboxylic acids is 3. The van der Waals surface area contributed by atoms with E-state index in [-0.39, 0.29) is 36.7 Å². The van der Waals surface area contributed by atoms with Crippen LogP contribution in [0, 0.1) is 0 Å². The summed E-state index contributed by atoms with van der Waals surface area (Å²) >= 11 is 1.56. The smallest absolute Gasteiger partial charge is 0.261 e. The Morgan fingerprint density at radius 3 is 2.31 bits per heavy atom. The van der Waals surface area contributed by atoms with Crippen LogP contribution in [0.2, 0.25) is 0 Å². The number of hydrogen-bond donors (Lipinski definition) is 0. The van der Waals surface area contributed by atoms with E-state index >= 15 is 0 Å². The van der Waals surface area contributed by atoms with Crippen molar-refractivity contribution >= 4 is 34.7 Å². The van der Waals surface area contributed by atoms with E-state index in [9.17, 15) is 14.4 Å². The van der Waals surface area contributed by atoms with Crippen molar-refractivity contribution in [2.24, 2.45) is 4.99 Å². The molecule has 7 heteroatoms. The maximum Gasteiger partial charge on any atom is 0.261 e. The third kappa shape index (κ3) is 3.82. The number of nitrogens with zero attached hydrogens (tertiary/aromatic N) is 3. The Morgan fingerprint density at radius 1 is 1.03 bits per heavy atom. The molecule has 0 radical (unpaired) electrons. The van der Waals surface area contributed by atoms with E-state index in [1.807, 2.05) is 37.3 Å². The van der Waals surface area contributed by atoms with Crippen molar-refractivity contribution in [2.75, 3.05) is 18.8 Å². The minimum absolute atomic E-state index is 0.0525. The Labute approximate surface area is 173 Å². The van der Waals surface area contributed by atoms with E-state index in [0.29, 0.717) is 22.8 Å². The first-order valence-electron chi connectivity index (χ1n) is 9.57. The number of hydrogen-bond acceptors (Lipinski definition) is 5. The van der Waals surface area contributed by atoms with E-state index < -0.39 is 0 Å². The summed E-state index contributed by atoms with van der Waals surface area (Å²) in [4.78, 5) is 45.3. The zero-order chi connectivity index (χ0) is 20.4. The number of benzene rings is 2. The van der Waals surface area contributed by atoms with Gasteiger partial charge in [-0.25, -0.2) is 0 Å². The van der Waals surface area contributed by atoms with Crippen LogP contribution in [0.4, 0.5) is 0 Å². The molecule has 3 amide bonds. The molecule has 0 N–H and O–H groups in total. The van der Waals surface area contributed by atoms with Gasteiger partial charge in [0.1, 0.15) is 0 Å². The number of amidine groups is 1. The molecule has 0 aliphatic carbocycles. The molecule has 29 heavy (non-hydrogen) atoms. The maximum atomic E-state index is 12.8. The monoisotopic (exact) mass is 407 g/mol. The Morgan fingerprint density at radius 2 is 1.66 bits per heavy atom. The fourth-order valence-electron chi connectivity index (χ4n) is 3.50. The fraction of sp³-hybridized carbons (Fsp3) is 0.273. The molecule has 2 heterocycles. The highest BCUT2D eigenvalue weighted by Gasteiger charge is 2.36. The second-order valence-corrected chi connectivity index (χ2v) is 8.01. The number of thioether (sulfide) groups is 1. The van der Waals surface area contributed by atoms with E-state index in [4.69, 9.17) is 4.99 Å². The lowest BCUT2D eigenvalue weighted by atomic mass is 10.1. The Hall–Kier alpha value is -2.93. The molecular formula is C22H21N3O3S. The highest BCUT2D eigenvalue weighted by atomic mass is 32.2. The molecule has 1 atom stereocenters. The molecule has 148 valence electrons. The van der Waals surface area contributed by atoms with Gasteiger partial charge in [-0.2, -0.15) is 0 Å². The summed E-state index contributed by atoms with van der Waals surface area (Å²) in [6.45, 7) is 2.67. The van der Waals surface area contributed by atoms with Crippen LogP contribution in [-0.4, -0.2) is 51.5 Å². The van der Waals surface area contributed by atoms with Crippen molar-refractivity contribution in [3.05, 3.63) is 71.3 Å². The first kappa shape index (κ1) is 19.4. The molecule has 2 aromatic carbocycles. The van der Waals surface area contributed by atoms with Crippen molar-refractivity contribution in [3.63, 3.8) is 0 Å². The summed E-state index contributed by atoms with van der Waals surface area (Å²) in [5.41, 5.74) is 1.90. The van der Waals surface area contributed by atoms with Gasteiger partial charge in [0, 0.05) is 25.3 Å². The van der Waals surface area contributed by atoms with Gasteiger partial charge < -0.3 is 0 Å². The van der Waals surface area contributed by atoms with Gasteiger partial charge in [0.15, 0.2) is 5.17 Å². The van der Waals surface area contributed by atoms with Crippen LogP contribution < -0.4 is 0 Å². The quantitative estimate of drug-likeness (QED) is 0.713. The molecule has 0 bridgehead atoms. The summed E-state index contributed by atoms with van der Waals surface area (Å²) in [6.07, 6.45) is 0.0881. The van der Waals surface area contributed by atoms with Crippen molar-refractivity contribution in [3.8, 4) is 0 Å². The van der Waals surface area contributed by atoms with Crippen LogP contribution in [-0.2, 0) is 4.79 Å². The molecule has 0 saturated carbocycles. The predicted octanol–water partition coefficient (Wildman–Crippen LogP) is 3.37. The number of amides is 3. The molecular weight excluding hydrogens is 386 g/mol. The fourth-order valence-corrected chi connectivity index (χ4v) is 4.53. The zero-order valence-corrected chi connectivity index (χ0v) is 16.9. The summed E-state index contributed by atoms with van der Waals surface area (Å²) in [5.74, 6) is 0.00572. The van der Waals surface area contributed by atoms with Gasteiger partial charge in [-0.15, -0.1) is 0 Å². The molecule has 0 aromatic heterocycles. The molecule has 2 aromatic rings. The molecule has 0 unspecified atom stereocenters. The van der Waals surface area contributed by atoms with Crippen molar-refractivity contribution in [1.29, 1.82) is 0 Å². The lowest BCUT2D eigenvalue weighted by molar-refractivity contribution is -0.127. The third-order valence-corrected chi connectivity index (χ3v) is 6.06. The average molecular weight is 407 g/mol. The first-order chi connectivity index (χ1) is 14.1. The van der Waals surface area contributed by atoms with Gasteiger partial charge in [0.25, 0.3) is 11.8 Å². The maximum absolute atomic E-state index is 12.8. The highest BCUT2D eigenvalue weighted by molar-refractivity contribution is 8.14. The van der Waals surface area contributed by atoms with Crippen LogP contribution in [0.25, 0.3) is 0 Å². The van der Waals surface area contributed by atoms with Crippen molar-refractivity contribution < 1.29 is 14.4 Å². The summed E-state index contributed by atoms with van der Waals surface area (Å²) in [7, 11) is 0. The van der Waals surface area contributed by atoms with Crippen LogP contribution in [0.3, 0.4) is 0 Å². The van der Waals surface area contributed by atoms with Gasteiger partial charge in [-0.05, 0) is 24.6 Å². The summed E-state index contributed by atoms with van der Waals surface area (Å²) in [5, 5.41) is 0.703. The van der Waals surface area contributed by atoms with Gasteiger partial charge >= 0.3 is 0 Å². The molecule has 6 nitrogen and oxygen atoms in total. The summed E-state index contributed by atoms with van der Waals surface area (Å²) < 4.78 is 0. The van der Waals surface area contributed by atoms with Crippen LogP contribution >= 0.6 is 11.8 Å². The third-order valence-electron chi connectivity index (χ3n) is 5.09. The Balaban J connectivity index is 1.41. The van der Waals surface area contributed by atoms with E-state index in [1.165, 1.54) is 0 Å². The van der Waals surface area contributed by atoms with Gasteiger partial charge in [0.2, 0.25) is 5.91 Å². The standard InChI is InChI=1S/C22H21N3O3S/c1-15(16-7-3-2-4-8-16)23-22-24(13-14-29-22)19(26)11-12-25-20(27)17-9-5-6-10-18(17)21(25)28/h2-10,15H,11-14H2,1H3/t15-/m1/s1. The Kier molecular flexibility index (Phi) is 5.49. The second kappa shape index (κ2) is 8.21. The number of fused-ring (bicyclic) bond motifs is 1. The largest absolute Gasteiger partial charge is 0.291 e. The minimum atomic E-state index is -0.333. The van der Waals surface area contributed by atoms with Crippen LogP contribution in [0.15, 0.2) is 59.6 Å². The lowest BCUT2D eigenvalue weighted by Crippen LogP contribution is -2.37. The van der Waals surface area contributed by atoms with Gasteiger partial charge in [-0.1, -0.05) is 54.2 Å². The zero-order valence-electron chi connectivity index (χ0n) is 16.1. The molecule has 2 aliphatic heterocycles. The van der Waals surface area contributed by atoms with Crippen molar-refractivity contribution in [2.45, 2.75) is 19.4 Å². The Bertz CT molecular complexity index is 955. The number of imide groups is 1. The topological polar surface area (TPSA) is 70.1 Å². The van der Waals surface area contributed by atoms with Crippen LogP contribution in [0.1, 0.15) is 45.7 Å². The normalized spacial score (nSPS) is 18.4. The lowest BCUT2D eigenvalue weighted by Gasteiger charge is -2.19. The van der Waals surface area contributed by atoms with Gasteiger partial charge in [-0.3, -0.25) is 29.2 Å². The highest BCUT2D eigenvalue weighted by Crippen LogP contribution is 2.26. The second-order valence-electron chi connectivity index (χ2n) is 6.95. The molecule has 4 rings (SSSR count). The minimum Gasteiger partial charge on any atom is -0.291 e. The average Bonchev–Trinajstić information content (AvgIpc) is 3.30. The summed E-state index contributed by atoms with van der Waals surface area (Å²) in [6, 6.07) is 16.6. The van der Waals surface area contributed by atoms with Crippen LogP contribution in [0.5, 0.6) is 0 Å². The number of aliphatic imine (C=N–C) groups is 1. The molecule has 1 saturated heterocycles. The van der Waals surface area contributed by atoms with E-state index in [0.717, 1.165) is 16.2 Å². The molecule has 1 fully saturated rings. The first-order valence-corrected chi connectivity index (χ1v) is 10.6. The predicted molar refractivity (Wildman–Crippen MR) is 113 cm³/mol. The number of rotatable bonds is 5. The molecule has 2 aliphatic rings. The van der Waals surface area contributed by atoms with E-state index in [1.54, 1.807) is 40.9 Å². The van der Waals surface area contributed by atoms with Crippen molar-refractivity contribution in [1.82, 2.24) is 9.80 Å². The SMILES string of the molecule is C[C@@H](N=C1SCCN1C(=O)CCN1C(=O)c2ccccc2C1=O)c1ccccc1. The van der Waals surface area contributed by atoms with E-state index in [2.05, 4.69) is 0 Å². The number of carbonyl (C=O) groups is 3.